The first-order valence-electron chi connectivity index (χ1n) is 14.3. The monoisotopic (exact) mass is 730 g/mol. The quantitative estimate of drug-likeness (QED) is 0.0834. The number of nitrogens with zero attached hydrogens (tertiary/aromatic N) is 2. The van der Waals surface area contributed by atoms with E-state index in [0.717, 1.165) is 25.7 Å². The molecule has 5 aromatic rings. The minimum Gasteiger partial charge on any atom is -0.741 e. The first-order valence-corrected chi connectivity index (χ1v) is 17.1. The molecule has 7 rings (SSSR count). The Morgan fingerprint density at radius 1 is 0.592 bits per heavy atom. The van der Waals surface area contributed by atoms with Crippen molar-refractivity contribution in [2.24, 2.45) is 0 Å². The molecule has 3 aromatic heterocycles. The molecule has 2 aliphatic rings. The third kappa shape index (κ3) is 7.31. The van der Waals surface area contributed by atoms with Crippen LogP contribution in [0.2, 0.25) is 0 Å². The highest BCUT2D eigenvalue weighted by molar-refractivity contribution is 7.86. The molecule has 2 atom stereocenters. The Labute approximate surface area is 274 Å². The summed E-state index contributed by atoms with van der Waals surface area (Å²) >= 11 is 0. The van der Waals surface area contributed by atoms with E-state index in [1.807, 2.05) is 24.3 Å². The summed E-state index contributed by atoms with van der Waals surface area (Å²) in [7, 11) is -12.2. The van der Waals surface area contributed by atoms with Crippen LogP contribution in [-0.2, 0) is 33.1 Å². The van der Waals surface area contributed by atoms with Gasteiger partial charge in [0, 0.05) is 48.9 Å². The van der Waals surface area contributed by atoms with Crippen LogP contribution in [0.5, 0.6) is 0 Å². The fourth-order valence-corrected chi connectivity index (χ4v) is 5.95. The van der Waals surface area contributed by atoms with E-state index >= 15 is 0 Å². The number of hydrogen-bond donors (Lipinski definition) is 0. The van der Waals surface area contributed by atoms with Gasteiger partial charge in [0.25, 0.3) is 0 Å². The molecular formula is C31H24F6N2O8S2. The van der Waals surface area contributed by atoms with E-state index in [-0.39, 0.29) is 17.5 Å². The Kier molecular flexibility index (Phi) is 9.63. The summed E-state index contributed by atoms with van der Waals surface area (Å²) in [4.78, 5) is 14.3. The lowest BCUT2D eigenvalue weighted by Crippen LogP contribution is -2.46. The largest absolute Gasteiger partial charge is 0.741 e. The van der Waals surface area contributed by atoms with E-state index in [0.29, 0.717) is 22.2 Å². The summed E-state index contributed by atoms with van der Waals surface area (Å²) in [6.07, 6.45) is 3.90. The lowest BCUT2D eigenvalue weighted by molar-refractivity contribution is -0.687. The van der Waals surface area contributed by atoms with Crippen molar-refractivity contribution >= 4 is 42.4 Å². The number of halogens is 6. The molecule has 18 heteroatoms. The molecule has 0 bridgehead atoms. The molecule has 260 valence electrons. The maximum absolute atomic E-state index is 14.3. The van der Waals surface area contributed by atoms with Gasteiger partial charge in [0.15, 0.2) is 43.7 Å². The molecule has 0 N–H and O–H groups in total. The summed E-state index contributed by atoms with van der Waals surface area (Å²) in [5.74, 6) is 0. The lowest BCUT2D eigenvalue weighted by atomic mass is 10.0. The fraction of sp³-hybridized carbons (Fsp3) is 0.258. The van der Waals surface area contributed by atoms with E-state index in [2.05, 4.69) is 69.8 Å². The maximum atomic E-state index is 14.3. The van der Waals surface area contributed by atoms with Crippen molar-refractivity contribution in [1.29, 1.82) is 0 Å². The summed E-state index contributed by atoms with van der Waals surface area (Å²) in [5.41, 5.74) is -3.66. The summed E-state index contributed by atoms with van der Waals surface area (Å²) < 4.78 is 129. The number of aromatic nitrogens is 2. The third-order valence-corrected chi connectivity index (χ3v) is 9.11. The highest BCUT2D eigenvalue weighted by Gasteiger charge is 2.41. The normalized spacial score (nSPS) is 17.5. The Morgan fingerprint density at radius 2 is 0.918 bits per heavy atom. The second-order valence-electron chi connectivity index (χ2n) is 11.0. The van der Waals surface area contributed by atoms with Crippen LogP contribution < -0.4 is 14.6 Å². The van der Waals surface area contributed by atoms with Crippen LogP contribution in [0.4, 0.5) is 26.3 Å². The van der Waals surface area contributed by atoms with Gasteiger partial charge in [0.1, 0.15) is 0 Å². The standard InChI is InChI=1S/C29H24N2O2.2CHF3O3S/c32-29-27-25(17-13-21-11-15-23(30(21)27)19-7-3-1-4-8-19)33-26-18-14-22-12-16-24(31(22)28(26)29)20-9-5-2-6-10-20;2*2-1(3,4)8(5,6)7/h1-10,13-14,17-18,23-24H,11-12,15-16H2;2*(H,5,6,7)/q+2;;/p-2. The second kappa shape index (κ2) is 13.1. The zero-order valence-electron chi connectivity index (χ0n) is 24.8. The van der Waals surface area contributed by atoms with E-state index < -0.39 is 31.3 Å². The molecule has 10 nitrogen and oxygen atoms in total. The predicted molar refractivity (Wildman–Crippen MR) is 158 cm³/mol. The van der Waals surface area contributed by atoms with Gasteiger partial charge in [-0.15, -0.1) is 0 Å². The summed E-state index contributed by atoms with van der Waals surface area (Å²) in [6.45, 7) is 0. The molecule has 49 heavy (non-hydrogen) atoms. The van der Waals surface area contributed by atoms with Crippen LogP contribution in [0.3, 0.4) is 0 Å². The van der Waals surface area contributed by atoms with Crippen LogP contribution in [0.15, 0.2) is 94.1 Å². The number of hydrogen-bond acceptors (Lipinski definition) is 8. The fourth-order valence-electron chi connectivity index (χ4n) is 5.95. The maximum Gasteiger partial charge on any atom is 0.485 e. The summed E-state index contributed by atoms with van der Waals surface area (Å²) in [5, 5.41) is 0. The average molecular weight is 731 g/mol. The predicted octanol–water partition coefficient (Wildman–Crippen LogP) is 4.70. The van der Waals surface area contributed by atoms with Crippen molar-refractivity contribution < 1.29 is 65.8 Å². The number of pyridine rings is 2. The first kappa shape index (κ1) is 35.9. The molecule has 0 saturated carbocycles. The minimum atomic E-state index is -6.09. The number of aryl methyl sites for hydroxylation is 2. The summed E-state index contributed by atoms with van der Waals surface area (Å²) in [6, 6.07) is 29.5. The Morgan fingerprint density at radius 3 is 1.22 bits per heavy atom. The van der Waals surface area contributed by atoms with Crippen LogP contribution >= 0.6 is 0 Å². The number of rotatable bonds is 2. The van der Waals surface area contributed by atoms with Gasteiger partial charge in [-0.1, -0.05) is 60.7 Å². The lowest BCUT2D eigenvalue weighted by Gasteiger charge is -2.11. The van der Waals surface area contributed by atoms with Gasteiger partial charge in [0.2, 0.25) is 11.2 Å². The van der Waals surface area contributed by atoms with Crippen molar-refractivity contribution in [2.75, 3.05) is 0 Å². The second-order valence-corrected chi connectivity index (χ2v) is 13.7. The van der Waals surface area contributed by atoms with E-state index in [1.54, 1.807) is 0 Å². The topological polar surface area (TPSA) is 152 Å². The molecule has 0 radical (unpaired) electrons. The zero-order valence-corrected chi connectivity index (χ0v) is 26.4. The van der Waals surface area contributed by atoms with Crippen molar-refractivity contribution in [2.45, 2.75) is 48.8 Å². The van der Waals surface area contributed by atoms with Crippen LogP contribution in [0, 0.1) is 0 Å². The van der Waals surface area contributed by atoms with Gasteiger partial charge in [0.05, 0.1) is 0 Å². The third-order valence-electron chi connectivity index (χ3n) is 7.98. The number of fused-ring (bicyclic) bond motifs is 6. The van der Waals surface area contributed by atoms with Crippen molar-refractivity contribution in [3.8, 4) is 0 Å². The van der Waals surface area contributed by atoms with Crippen molar-refractivity contribution in [3.63, 3.8) is 0 Å². The van der Waals surface area contributed by atoms with Gasteiger partial charge >= 0.3 is 27.5 Å². The van der Waals surface area contributed by atoms with E-state index in [4.69, 9.17) is 30.4 Å². The van der Waals surface area contributed by atoms with Crippen LogP contribution in [-0.4, -0.2) is 37.0 Å². The van der Waals surface area contributed by atoms with Crippen LogP contribution in [0.25, 0.3) is 22.2 Å². The highest BCUT2D eigenvalue weighted by Crippen LogP contribution is 2.30. The number of benzene rings is 2. The smallest absolute Gasteiger partial charge is 0.485 e. The van der Waals surface area contributed by atoms with Gasteiger partial charge < -0.3 is 13.5 Å². The van der Waals surface area contributed by atoms with Crippen molar-refractivity contribution in [3.05, 3.63) is 118 Å². The van der Waals surface area contributed by atoms with Gasteiger partial charge in [-0.2, -0.15) is 35.5 Å². The SMILES string of the molecule is O=S(=O)([O-])C(F)(F)F.O=S(=O)([O-])C(F)(F)F.O=c1c2c(ccc3[n+]2C(c2ccccc2)CC3)oc2ccc3[n+](c12)C(c1ccccc1)CC3. The molecule has 2 aliphatic heterocycles. The average Bonchev–Trinajstić information content (AvgIpc) is 3.65. The molecule has 2 aromatic carbocycles. The molecule has 5 heterocycles. The van der Waals surface area contributed by atoms with E-state index in [1.165, 1.54) is 22.5 Å². The van der Waals surface area contributed by atoms with Crippen LogP contribution in [0.1, 0.15) is 47.4 Å². The van der Waals surface area contributed by atoms with Crippen molar-refractivity contribution in [1.82, 2.24) is 0 Å². The Balaban J connectivity index is 0.000000245. The Hall–Kier alpha value is -4.39. The van der Waals surface area contributed by atoms with Gasteiger partial charge in [-0.3, -0.25) is 4.79 Å². The molecular weight excluding hydrogens is 706 g/mol. The molecule has 2 unspecified atom stereocenters. The molecule has 0 spiro atoms. The molecule has 0 saturated heterocycles. The first-order chi connectivity index (χ1) is 22.8. The van der Waals surface area contributed by atoms with Gasteiger partial charge in [-0.25, -0.2) is 16.8 Å². The highest BCUT2D eigenvalue weighted by atomic mass is 32.2. The molecule has 0 amide bonds. The minimum absolute atomic E-state index is 0.0700. The van der Waals surface area contributed by atoms with Gasteiger partial charge in [-0.05, 0) is 12.1 Å². The molecule has 0 fully saturated rings. The van der Waals surface area contributed by atoms with E-state index in [9.17, 15) is 31.1 Å². The number of alkyl halides is 6. The Bertz CT molecular complexity index is 2140. The zero-order chi connectivity index (χ0) is 35.9. The molecule has 0 aliphatic carbocycles.